The summed E-state index contributed by atoms with van der Waals surface area (Å²) in [6.07, 6.45) is 7.51. The number of fused-ring (bicyclic) bond motifs is 1. The molecule has 13 heavy (non-hydrogen) atoms. The smallest absolute Gasteiger partial charge is 0.223 e. The maximum Gasteiger partial charge on any atom is 0.223 e. The molecule has 0 bridgehead atoms. The van der Waals surface area contributed by atoms with E-state index in [0.717, 1.165) is 11.8 Å². The standard InChI is InChI=1S/C11H17NO/c13-11(12-10-2-1-3-10)9-5-7-4-8(7)6-9/h7-10H,1-6H2,(H,12,13). The molecule has 3 fully saturated rings. The third kappa shape index (κ3) is 1.36. The lowest BCUT2D eigenvalue weighted by Gasteiger charge is -2.28. The van der Waals surface area contributed by atoms with Gasteiger partial charge in [-0.25, -0.2) is 0 Å². The van der Waals surface area contributed by atoms with E-state index in [1.807, 2.05) is 0 Å². The molecule has 3 aliphatic carbocycles. The first-order valence-electron chi connectivity index (χ1n) is 5.63. The lowest BCUT2D eigenvalue weighted by molar-refractivity contribution is -0.126. The first kappa shape index (κ1) is 7.84. The number of carbonyl (C=O) groups is 1. The van der Waals surface area contributed by atoms with Crippen molar-refractivity contribution in [3.63, 3.8) is 0 Å². The van der Waals surface area contributed by atoms with Crippen LogP contribution in [0.2, 0.25) is 0 Å². The monoisotopic (exact) mass is 179 g/mol. The Kier molecular flexibility index (Phi) is 1.64. The lowest BCUT2D eigenvalue weighted by atomic mass is 9.92. The highest BCUT2D eigenvalue weighted by molar-refractivity contribution is 5.79. The molecule has 2 atom stereocenters. The van der Waals surface area contributed by atoms with Gasteiger partial charge in [-0.05, 0) is 50.4 Å². The zero-order chi connectivity index (χ0) is 8.84. The van der Waals surface area contributed by atoms with Crippen LogP contribution in [0.1, 0.15) is 38.5 Å². The van der Waals surface area contributed by atoms with E-state index in [-0.39, 0.29) is 0 Å². The summed E-state index contributed by atoms with van der Waals surface area (Å²) in [5.41, 5.74) is 0. The number of amides is 1. The Morgan fingerprint density at radius 2 is 1.77 bits per heavy atom. The SMILES string of the molecule is O=C(NC1CCC1)C1CC2CC2C1. The second-order valence-electron chi connectivity index (χ2n) is 5.06. The number of hydrogen-bond donors (Lipinski definition) is 1. The Bertz CT molecular complexity index is 224. The molecule has 3 rings (SSSR count). The Hall–Kier alpha value is -0.530. The van der Waals surface area contributed by atoms with E-state index in [4.69, 9.17) is 0 Å². The predicted octanol–water partition coefficient (Wildman–Crippen LogP) is 1.70. The Balaban J connectivity index is 1.50. The van der Waals surface area contributed by atoms with Gasteiger partial charge in [-0.1, -0.05) is 0 Å². The van der Waals surface area contributed by atoms with Gasteiger partial charge >= 0.3 is 0 Å². The van der Waals surface area contributed by atoms with Gasteiger partial charge in [0.15, 0.2) is 0 Å². The van der Waals surface area contributed by atoms with Crippen molar-refractivity contribution < 1.29 is 4.79 Å². The van der Waals surface area contributed by atoms with Gasteiger partial charge in [-0.15, -0.1) is 0 Å². The van der Waals surface area contributed by atoms with Gasteiger partial charge in [0.1, 0.15) is 0 Å². The van der Waals surface area contributed by atoms with Crippen LogP contribution in [0.3, 0.4) is 0 Å². The van der Waals surface area contributed by atoms with Crippen molar-refractivity contribution in [3.8, 4) is 0 Å². The summed E-state index contributed by atoms with van der Waals surface area (Å²) in [7, 11) is 0. The zero-order valence-electron chi connectivity index (χ0n) is 7.96. The van der Waals surface area contributed by atoms with Crippen molar-refractivity contribution in [1.29, 1.82) is 0 Å². The van der Waals surface area contributed by atoms with Crippen LogP contribution in [-0.2, 0) is 4.79 Å². The quantitative estimate of drug-likeness (QED) is 0.687. The fraction of sp³-hybridized carbons (Fsp3) is 0.909. The predicted molar refractivity (Wildman–Crippen MR) is 50.1 cm³/mol. The van der Waals surface area contributed by atoms with Crippen LogP contribution < -0.4 is 5.32 Å². The number of hydrogen-bond acceptors (Lipinski definition) is 1. The zero-order valence-corrected chi connectivity index (χ0v) is 7.96. The number of nitrogens with one attached hydrogen (secondary N) is 1. The van der Waals surface area contributed by atoms with Crippen molar-refractivity contribution in [3.05, 3.63) is 0 Å². The van der Waals surface area contributed by atoms with Crippen molar-refractivity contribution >= 4 is 5.91 Å². The van der Waals surface area contributed by atoms with Gasteiger partial charge in [-0.2, -0.15) is 0 Å². The van der Waals surface area contributed by atoms with E-state index < -0.39 is 0 Å². The van der Waals surface area contributed by atoms with Crippen LogP contribution >= 0.6 is 0 Å². The molecule has 3 aliphatic rings. The van der Waals surface area contributed by atoms with Crippen LogP contribution in [0.15, 0.2) is 0 Å². The van der Waals surface area contributed by atoms with Crippen molar-refractivity contribution in [2.45, 2.75) is 44.6 Å². The molecule has 2 nitrogen and oxygen atoms in total. The fourth-order valence-corrected chi connectivity index (χ4v) is 2.80. The molecule has 0 aromatic heterocycles. The van der Waals surface area contributed by atoms with E-state index in [2.05, 4.69) is 5.32 Å². The molecule has 1 N–H and O–H groups in total. The van der Waals surface area contributed by atoms with Crippen molar-refractivity contribution in [2.24, 2.45) is 17.8 Å². The second kappa shape index (κ2) is 2.73. The molecule has 1 amide bonds. The minimum absolute atomic E-state index is 0.358. The van der Waals surface area contributed by atoms with Crippen LogP contribution in [-0.4, -0.2) is 11.9 Å². The minimum atomic E-state index is 0.358. The molecule has 72 valence electrons. The van der Waals surface area contributed by atoms with E-state index in [9.17, 15) is 4.79 Å². The van der Waals surface area contributed by atoms with Crippen LogP contribution in [0.25, 0.3) is 0 Å². The van der Waals surface area contributed by atoms with Gasteiger partial charge in [0.25, 0.3) is 0 Å². The normalized spacial score (nSPS) is 42.3. The van der Waals surface area contributed by atoms with E-state index in [0.29, 0.717) is 17.9 Å². The molecule has 0 radical (unpaired) electrons. The molecule has 2 unspecified atom stereocenters. The summed E-state index contributed by atoms with van der Waals surface area (Å²) >= 11 is 0. The second-order valence-corrected chi connectivity index (χ2v) is 5.06. The largest absolute Gasteiger partial charge is 0.353 e. The summed E-state index contributed by atoms with van der Waals surface area (Å²) in [5, 5.41) is 3.16. The van der Waals surface area contributed by atoms with Gasteiger partial charge in [0, 0.05) is 12.0 Å². The molecular weight excluding hydrogens is 162 g/mol. The summed E-state index contributed by atoms with van der Waals surface area (Å²) in [6, 6.07) is 0.532. The van der Waals surface area contributed by atoms with Crippen LogP contribution in [0, 0.1) is 17.8 Å². The fourth-order valence-electron chi connectivity index (χ4n) is 2.80. The average molecular weight is 179 g/mol. The molecule has 0 aromatic carbocycles. The number of carbonyl (C=O) groups excluding carboxylic acids is 1. The first-order chi connectivity index (χ1) is 6.33. The molecule has 0 heterocycles. The summed E-state index contributed by atoms with van der Waals surface area (Å²) in [5.74, 6) is 2.59. The van der Waals surface area contributed by atoms with Gasteiger partial charge in [0.2, 0.25) is 5.91 Å². The molecule has 0 saturated heterocycles. The lowest BCUT2D eigenvalue weighted by Crippen LogP contribution is -2.42. The molecular formula is C11H17NO. The molecule has 0 aromatic rings. The van der Waals surface area contributed by atoms with Crippen LogP contribution in [0.5, 0.6) is 0 Å². The molecule has 3 saturated carbocycles. The average Bonchev–Trinajstić information content (AvgIpc) is 2.66. The van der Waals surface area contributed by atoms with Gasteiger partial charge in [0.05, 0.1) is 0 Å². The maximum absolute atomic E-state index is 11.7. The Labute approximate surface area is 79.1 Å². The summed E-state index contributed by atoms with van der Waals surface area (Å²) in [6.45, 7) is 0. The third-order valence-corrected chi connectivity index (χ3v) is 4.07. The molecule has 2 heteroatoms. The summed E-state index contributed by atoms with van der Waals surface area (Å²) < 4.78 is 0. The maximum atomic E-state index is 11.7. The van der Waals surface area contributed by atoms with Gasteiger partial charge < -0.3 is 5.32 Å². The van der Waals surface area contributed by atoms with E-state index in [1.165, 1.54) is 38.5 Å². The Morgan fingerprint density at radius 3 is 2.31 bits per heavy atom. The topological polar surface area (TPSA) is 29.1 Å². The van der Waals surface area contributed by atoms with Gasteiger partial charge in [-0.3, -0.25) is 4.79 Å². The van der Waals surface area contributed by atoms with E-state index >= 15 is 0 Å². The minimum Gasteiger partial charge on any atom is -0.353 e. The molecule has 0 aliphatic heterocycles. The van der Waals surface area contributed by atoms with E-state index in [1.54, 1.807) is 0 Å². The molecule has 0 spiro atoms. The highest BCUT2D eigenvalue weighted by Gasteiger charge is 2.48. The van der Waals surface area contributed by atoms with Crippen molar-refractivity contribution in [1.82, 2.24) is 5.32 Å². The third-order valence-electron chi connectivity index (χ3n) is 4.07. The number of rotatable bonds is 2. The summed E-state index contributed by atoms with van der Waals surface area (Å²) in [4.78, 5) is 11.7. The first-order valence-corrected chi connectivity index (χ1v) is 5.63. The van der Waals surface area contributed by atoms with Crippen LogP contribution in [0.4, 0.5) is 0 Å². The highest BCUT2D eigenvalue weighted by Crippen LogP contribution is 2.54. The van der Waals surface area contributed by atoms with Crippen molar-refractivity contribution in [2.75, 3.05) is 0 Å². The Morgan fingerprint density at radius 1 is 1.08 bits per heavy atom. The highest BCUT2D eigenvalue weighted by atomic mass is 16.1.